The zero-order valence-electron chi connectivity index (χ0n) is 13.1. The quantitative estimate of drug-likeness (QED) is 0.793. The molecule has 7 heteroatoms. The second-order valence-corrected chi connectivity index (χ2v) is 5.53. The number of methoxy groups -OCH3 is 1. The smallest absolute Gasteiger partial charge is 0.339 e. The molecule has 24 heavy (non-hydrogen) atoms. The molecular formula is C17H15Cl2NO4. The number of rotatable bonds is 5. The summed E-state index contributed by atoms with van der Waals surface area (Å²) < 4.78 is 9.94. The molecule has 2 aromatic carbocycles. The van der Waals surface area contributed by atoms with Crippen LogP contribution in [0.3, 0.4) is 0 Å². The molecule has 0 unspecified atom stereocenters. The van der Waals surface area contributed by atoms with Gasteiger partial charge < -0.3 is 14.8 Å². The van der Waals surface area contributed by atoms with E-state index in [9.17, 15) is 9.59 Å². The van der Waals surface area contributed by atoms with Crippen molar-refractivity contribution in [1.29, 1.82) is 0 Å². The van der Waals surface area contributed by atoms with Crippen molar-refractivity contribution in [3.05, 3.63) is 57.6 Å². The molecule has 0 atom stereocenters. The molecule has 1 amide bonds. The normalized spacial score (nSPS) is 10.2. The maximum Gasteiger partial charge on any atom is 0.339 e. The fourth-order valence-corrected chi connectivity index (χ4v) is 2.49. The molecule has 0 radical (unpaired) electrons. The van der Waals surface area contributed by atoms with E-state index in [0.717, 1.165) is 0 Å². The van der Waals surface area contributed by atoms with Crippen LogP contribution in [-0.2, 0) is 4.74 Å². The highest BCUT2D eigenvalue weighted by atomic mass is 35.5. The van der Waals surface area contributed by atoms with E-state index in [1.165, 1.54) is 25.3 Å². The van der Waals surface area contributed by atoms with E-state index in [4.69, 9.17) is 32.7 Å². The van der Waals surface area contributed by atoms with Crippen LogP contribution < -0.4 is 10.1 Å². The minimum atomic E-state index is -0.512. The van der Waals surface area contributed by atoms with Crippen molar-refractivity contribution < 1.29 is 19.1 Å². The number of hydrogen-bond acceptors (Lipinski definition) is 4. The van der Waals surface area contributed by atoms with Gasteiger partial charge in [0, 0.05) is 11.3 Å². The lowest BCUT2D eigenvalue weighted by atomic mass is 10.1. The van der Waals surface area contributed by atoms with Gasteiger partial charge in [-0.3, -0.25) is 4.79 Å². The molecule has 5 nitrogen and oxygen atoms in total. The molecule has 0 aliphatic carbocycles. The molecule has 0 aromatic heterocycles. The van der Waals surface area contributed by atoms with Gasteiger partial charge in [-0.1, -0.05) is 23.2 Å². The number of esters is 1. The van der Waals surface area contributed by atoms with Crippen molar-refractivity contribution in [3.63, 3.8) is 0 Å². The number of halogens is 2. The number of ether oxygens (including phenoxy) is 2. The van der Waals surface area contributed by atoms with E-state index < -0.39 is 5.97 Å². The molecule has 2 rings (SSSR count). The highest BCUT2D eigenvalue weighted by Gasteiger charge is 2.14. The van der Waals surface area contributed by atoms with Crippen molar-refractivity contribution in [2.45, 2.75) is 6.92 Å². The zero-order valence-corrected chi connectivity index (χ0v) is 14.6. The molecule has 0 aliphatic heterocycles. The molecule has 2 aromatic rings. The molecule has 0 heterocycles. The summed E-state index contributed by atoms with van der Waals surface area (Å²) in [5, 5.41) is 3.21. The number of anilines is 1. The van der Waals surface area contributed by atoms with Gasteiger partial charge in [0.1, 0.15) is 5.75 Å². The minimum absolute atomic E-state index is 0.194. The van der Waals surface area contributed by atoms with Gasteiger partial charge in [-0.15, -0.1) is 0 Å². The Morgan fingerprint density at radius 2 is 1.83 bits per heavy atom. The Hall–Kier alpha value is -2.24. The van der Waals surface area contributed by atoms with Crippen LogP contribution in [0.5, 0.6) is 5.75 Å². The van der Waals surface area contributed by atoms with Crippen LogP contribution in [0.15, 0.2) is 36.4 Å². The molecule has 0 spiro atoms. The van der Waals surface area contributed by atoms with E-state index >= 15 is 0 Å². The fourth-order valence-electron chi connectivity index (χ4n) is 1.98. The maximum atomic E-state index is 12.3. The van der Waals surface area contributed by atoms with E-state index in [1.807, 2.05) is 0 Å². The zero-order chi connectivity index (χ0) is 17.7. The first-order valence-electron chi connectivity index (χ1n) is 7.07. The Labute approximate surface area is 149 Å². The summed E-state index contributed by atoms with van der Waals surface area (Å²) in [7, 11) is 1.49. The summed E-state index contributed by atoms with van der Waals surface area (Å²) in [6.45, 7) is 1.96. The van der Waals surface area contributed by atoms with Crippen LogP contribution >= 0.6 is 23.2 Å². The Morgan fingerprint density at radius 3 is 2.42 bits per heavy atom. The van der Waals surface area contributed by atoms with Crippen LogP contribution in [0.2, 0.25) is 10.0 Å². The summed E-state index contributed by atoms with van der Waals surface area (Å²) >= 11 is 12.1. The van der Waals surface area contributed by atoms with Crippen LogP contribution in [-0.4, -0.2) is 25.6 Å². The van der Waals surface area contributed by atoms with Gasteiger partial charge in [-0.05, 0) is 43.3 Å². The second kappa shape index (κ2) is 8.04. The Balaban J connectivity index is 2.16. The lowest BCUT2D eigenvalue weighted by molar-refractivity contribution is 0.0526. The van der Waals surface area contributed by atoms with Crippen LogP contribution in [0.25, 0.3) is 0 Å². The Bertz CT molecular complexity index is 777. The first kappa shape index (κ1) is 18.1. The molecule has 0 saturated carbocycles. The van der Waals surface area contributed by atoms with Crippen LogP contribution in [0, 0.1) is 0 Å². The standard InChI is InChI=1S/C17H15Cl2NO4/c1-3-24-17(22)12-6-5-11(9-13(12)18)20-16(21)10-4-7-15(23-2)14(19)8-10/h4-9H,3H2,1-2H3,(H,20,21). The third kappa shape index (κ3) is 4.19. The number of hydrogen-bond donors (Lipinski definition) is 1. The van der Waals surface area contributed by atoms with Crippen molar-refractivity contribution in [2.75, 3.05) is 19.0 Å². The van der Waals surface area contributed by atoms with Gasteiger partial charge in [-0.2, -0.15) is 0 Å². The second-order valence-electron chi connectivity index (χ2n) is 4.72. The minimum Gasteiger partial charge on any atom is -0.495 e. The molecule has 0 bridgehead atoms. The van der Waals surface area contributed by atoms with Gasteiger partial charge in [0.2, 0.25) is 0 Å². The fraction of sp³-hybridized carbons (Fsp3) is 0.176. The van der Waals surface area contributed by atoms with Crippen molar-refractivity contribution in [1.82, 2.24) is 0 Å². The van der Waals surface area contributed by atoms with Crippen LogP contribution in [0.4, 0.5) is 5.69 Å². The van der Waals surface area contributed by atoms with E-state index in [1.54, 1.807) is 25.1 Å². The van der Waals surface area contributed by atoms with Gasteiger partial charge in [0.15, 0.2) is 0 Å². The molecule has 0 saturated heterocycles. The summed E-state index contributed by atoms with van der Waals surface area (Å²) in [5.41, 5.74) is 1.06. The highest BCUT2D eigenvalue weighted by Crippen LogP contribution is 2.26. The predicted molar refractivity (Wildman–Crippen MR) is 93.4 cm³/mol. The SMILES string of the molecule is CCOC(=O)c1ccc(NC(=O)c2ccc(OC)c(Cl)c2)cc1Cl. The molecular weight excluding hydrogens is 353 g/mol. The van der Waals surface area contributed by atoms with Gasteiger partial charge in [0.05, 0.1) is 29.3 Å². The topological polar surface area (TPSA) is 64.6 Å². The van der Waals surface area contributed by atoms with Crippen molar-refractivity contribution in [2.24, 2.45) is 0 Å². The average molecular weight is 368 g/mol. The summed E-state index contributed by atoms with van der Waals surface area (Å²) in [4.78, 5) is 24.0. The predicted octanol–water partition coefficient (Wildman–Crippen LogP) is 4.43. The summed E-state index contributed by atoms with van der Waals surface area (Å²) in [5.74, 6) is -0.392. The summed E-state index contributed by atoms with van der Waals surface area (Å²) in [6, 6.07) is 9.25. The number of nitrogens with one attached hydrogen (secondary N) is 1. The maximum absolute atomic E-state index is 12.3. The van der Waals surface area contributed by atoms with Crippen LogP contribution in [0.1, 0.15) is 27.6 Å². The molecule has 0 fully saturated rings. The first-order chi connectivity index (χ1) is 11.5. The van der Waals surface area contributed by atoms with Gasteiger partial charge in [0.25, 0.3) is 5.91 Å². The highest BCUT2D eigenvalue weighted by molar-refractivity contribution is 6.34. The number of carbonyl (C=O) groups excluding carboxylic acids is 2. The van der Waals surface area contributed by atoms with E-state index in [-0.39, 0.29) is 23.1 Å². The molecule has 0 aliphatic rings. The summed E-state index contributed by atoms with van der Waals surface area (Å²) in [6.07, 6.45) is 0. The third-order valence-electron chi connectivity index (χ3n) is 3.14. The Kier molecular flexibility index (Phi) is 6.06. The third-order valence-corrected chi connectivity index (χ3v) is 3.74. The van der Waals surface area contributed by atoms with Crippen molar-refractivity contribution >= 4 is 40.8 Å². The van der Waals surface area contributed by atoms with Gasteiger partial charge in [-0.25, -0.2) is 4.79 Å². The average Bonchev–Trinajstić information content (AvgIpc) is 2.55. The van der Waals surface area contributed by atoms with E-state index in [2.05, 4.69) is 5.32 Å². The monoisotopic (exact) mass is 367 g/mol. The van der Waals surface area contributed by atoms with E-state index in [0.29, 0.717) is 22.0 Å². The van der Waals surface area contributed by atoms with Gasteiger partial charge >= 0.3 is 5.97 Å². The lowest BCUT2D eigenvalue weighted by Gasteiger charge is -2.09. The number of benzene rings is 2. The molecule has 126 valence electrons. The first-order valence-corrected chi connectivity index (χ1v) is 7.83. The number of amides is 1. The number of carbonyl (C=O) groups is 2. The Morgan fingerprint density at radius 1 is 1.08 bits per heavy atom. The largest absolute Gasteiger partial charge is 0.495 e. The molecule has 1 N–H and O–H groups in total. The lowest BCUT2D eigenvalue weighted by Crippen LogP contribution is -2.12. The van der Waals surface area contributed by atoms with Crippen molar-refractivity contribution in [3.8, 4) is 5.75 Å².